The highest BCUT2D eigenvalue weighted by atomic mass is 16.2. The number of aryl methyl sites for hydroxylation is 2. The van der Waals surface area contributed by atoms with Crippen LogP contribution in [-0.4, -0.2) is 34.7 Å². The normalized spacial score (nSPS) is 11.7. The number of aromatic nitrogens is 2. The highest BCUT2D eigenvalue weighted by molar-refractivity contribution is 6.01. The first-order chi connectivity index (χ1) is 11.8. The maximum absolute atomic E-state index is 12.4. The first kappa shape index (κ1) is 18.4. The lowest BCUT2D eigenvalue weighted by Crippen LogP contribution is -2.36. The van der Waals surface area contributed by atoms with E-state index in [1.54, 1.807) is 31.3 Å². The van der Waals surface area contributed by atoms with Crippen molar-refractivity contribution >= 4 is 17.5 Å². The van der Waals surface area contributed by atoms with Crippen LogP contribution < -0.4 is 10.2 Å². The van der Waals surface area contributed by atoms with Crippen LogP contribution in [0.3, 0.4) is 0 Å². The van der Waals surface area contributed by atoms with Gasteiger partial charge in [-0.15, -0.1) is 0 Å². The predicted molar refractivity (Wildman–Crippen MR) is 98.7 cm³/mol. The molecular formula is C19H24N4O2. The first-order valence-electron chi connectivity index (χ1n) is 8.14. The van der Waals surface area contributed by atoms with E-state index in [0.717, 1.165) is 11.4 Å². The molecule has 0 aliphatic rings. The molecule has 6 heteroatoms. The molecule has 1 aromatic heterocycles. The van der Waals surface area contributed by atoms with Gasteiger partial charge in [0.25, 0.3) is 5.91 Å². The van der Waals surface area contributed by atoms with Gasteiger partial charge in [-0.05, 0) is 57.2 Å². The molecule has 0 bridgehead atoms. The lowest BCUT2D eigenvalue weighted by Gasteiger charge is -2.17. The standard InChI is InChI=1S/C19H24N4O2/c1-6-18(24)22(5)17-9-7-16(8-10-17)19(25)20-14(3)12-23-15(4)11-13(2)21-23/h6-11,14H,1,12H2,2-5H3,(H,20,25). The smallest absolute Gasteiger partial charge is 0.251 e. The first-order valence-corrected chi connectivity index (χ1v) is 8.14. The van der Waals surface area contributed by atoms with Crippen LogP contribution >= 0.6 is 0 Å². The zero-order valence-electron chi connectivity index (χ0n) is 15.1. The Hall–Kier alpha value is -2.89. The molecular weight excluding hydrogens is 316 g/mol. The molecule has 0 fully saturated rings. The molecule has 0 saturated carbocycles. The van der Waals surface area contributed by atoms with Gasteiger partial charge in [-0.3, -0.25) is 14.3 Å². The van der Waals surface area contributed by atoms with E-state index in [-0.39, 0.29) is 17.9 Å². The zero-order chi connectivity index (χ0) is 18.6. The number of carbonyl (C=O) groups is 2. The third-order valence-electron chi connectivity index (χ3n) is 3.95. The summed E-state index contributed by atoms with van der Waals surface area (Å²) in [4.78, 5) is 25.4. The van der Waals surface area contributed by atoms with E-state index in [0.29, 0.717) is 17.8 Å². The van der Waals surface area contributed by atoms with Gasteiger partial charge < -0.3 is 10.2 Å². The summed E-state index contributed by atoms with van der Waals surface area (Å²) in [6.45, 7) is 9.96. The summed E-state index contributed by atoms with van der Waals surface area (Å²) in [6.07, 6.45) is 1.25. The predicted octanol–water partition coefficient (Wildman–Crippen LogP) is 2.47. The van der Waals surface area contributed by atoms with Crippen LogP contribution in [0.25, 0.3) is 0 Å². The summed E-state index contributed by atoms with van der Waals surface area (Å²) in [5.74, 6) is -0.353. The molecule has 2 rings (SSSR count). The molecule has 0 radical (unpaired) electrons. The second-order valence-electron chi connectivity index (χ2n) is 6.13. The average Bonchev–Trinajstić information content (AvgIpc) is 2.90. The van der Waals surface area contributed by atoms with Crippen molar-refractivity contribution in [3.05, 3.63) is 59.9 Å². The molecule has 1 unspecified atom stereocenters. The van der Waals surface area contributed by atoms with Crippen LogP contribution in [0.5, 0.6) is 0 Å². The van der Waals surface area contributed by atoms with Crippen molar-refractivity contribution in [3.8, 4) is 0 Å². The van der Waals surface area contributed by atoms with E-state index in [1.807, 2.05) is 31.5 Å². The van der Waals surface area contributed by atoms with Gasteiger partial charge in [-0.2, -0.15) is 5.10 Å². The number of rotatable bonds is 6. The number of hydrogen-bond acceptors (Lipinski definition) is 3. The molecule has 6 nitrogen and oxygen atoms in total. The SMILES string of the molecule is C=CC(=O)N(C)c1ccc(C(=O)NC(C)Cn2nc(C)cc2C)cc1. The van der Waals surface area contributed by atoms with Crippen molar-refractivity contribution in [3.63, 3.8) is 0 Å². The third-order valence-corrected chi connectivity index (χ3v) is 3.95. The number of likely N-dealkylation sites (N-methyl/N-ethyl adjacent to an activating group) is 1. The topological polar surface area (TPSA) is 67.2 Å². The van der Waals surface area contributed by atoms with Gasteiger partial charge in [0.1, 0.15) is 0 Å². The van der Waals surface area contributed by atoms with Crippen LogP contribution in [0.1, 0.15) is 28.7 Å². The monoisotopic (exact) mass is 340 g/mol. The maximum Gasteiger partial charge on any atom is 0.251 e. The Balaban J connectivity index is 1.99. The Labute approximate surface area is 148 Å². The fourth-order valence-corrected chi connectivity index (χ4v) is 2.57. The lowest BCUT2D eigenvalue weighted by molar-refractivity contribution is -0.113. The van der Waals surface area contributed by atoms with E-state index < -0.39 is 0 Å². The minimum Gasteiger partial charge on any atom is -0.348 e. The van der Waals surface area contributed by atoms with Gasteiger partial charge in [0.2, 0.25) is 5.91 Å². The number of benzene rings is 1. The van der Waals surface area contributed by atoms with Crippen molar-refractivity contribution in [2.75, 3.05) is 11.9 Å². The molecule has 132 valence electrons. The van der Waals surface area contributed by atoms with Gasteiger partial charge in [0.15, 0.2) is 0 Å². The van der Waals surface area contributed by atoms with Gasteiger partial charge in [-0.25, -0.2) is 0 Å². The van der Waals surface area contributed by atoms with Crippen LogP contribution in [0, 0.1) is 13.8 Å². The zero-order valence-corrected chi connectivity index (χ0v) is 15.1. The summed E-state index contributed by atoms with van der Waals surface area (Å²) < 4.78 is 1.89. The molecule has 1 N–H and O–H groups in total. The van der Waals surface area contributed by atoms with E-state index in [9.17, 15) is 9.59 Å². The molecule has 0 spiro atoms. The van der Waals surface area contributed by atoms with Crippen LogP contribution in [0.15, 0.2) is 43.0 Å². The molecule has 1 heterocycles. The number of hydrogen-bond donors (Lipinski definition) is 1. The van der Waals surface area contributed by atoms with E-state index in [1.165, 1.54) is 11.0 Å². The Kier molecular flexibility index (Phi) is 5.75. The highest BCUT2D eigenvalue weighted by Gasteiger charge is 2.13. The molecule has 25 heavy (non-hydrogen) atoms. The summed E-state index contributed by atoms with van der Waals surface area (Å²) in [7, 11) is 1.66. The summed E-state index contributed by atoms with van der Waals surface area (Å²) in [5.41, 5.74) is 3.28. The minimum absolute atomic E-state index is 0.0600. The van der Waals surface area contributed by atoms with Gasteiger partial charge in [0.05, 0.1) is 12.2 Å². The van der Waals surface area contributed by atoms with Gasteiger partial charge >= 0.3 is 0 Å². The van der Waals surface area contributed by atoms with Crippen molar-refractivity contribution in [1.29, 1.82) is 0 Å². The van der Waals surface area contributed by atoms with Gasteiger partial charge in [0, 0.05) is 30.0 Å². The molecule has 2 aromatic rings. The number of anilines is 1. The number of nitrogens with one attached hydrogen (secondary N) is 1. The molecule has 0 saturated heterocycles. The summed E-state index contributed by atoms with van der Waals surface area (Å²) >= 11 is 0. The van der Waals surface area contributed by atoms with Gasteiger partial charge in [-0.1, -0.05) is 6.58 Å². The Morgan fingerprint density at radius 2 is 1.96 bits per heavy atom. The van der Waals surface area contributed by atoms with Crippen molar-refractivity contribution < 1.29 is 9.59 Å². The Bertz CT molecular complexity index is 777. The van der Waals surface area contributed by atoms with E-state index in [4.69, 9.17) is 0 Å². The minimum atomic E-state index is -0.198. The highest BCUT2D eigenvalue weighted by Crippen LogP contribution is 2.14. The summed E-state index contributed by atoms with van der Waals surface area (Å²) in [5, 5.41) is 7.37. The van der Waals surface area contributed by atoms with Crippen molar-refractivity contribution in [2.24, 2.45) is 0 Å². The van der Waals surface area contributed by atoms with Crippen LogP contribution in [0.4, 0.5) is 5.69 Å². The third kappa shape index (κ3) is 4.56. The number of carbonyl (C=O) groups excluding carboxylic acids is 2. The fourth-order valence-electron chi connectivity index (χ4n) is 2.57. The van der Waals surface area contributed by atoms with Crippen molar-refractivity contribution in [1.82, 2.24) is 15.1 Å². The van der Waals surface area contributed by atoms with Crippen molar-refractivity contribution in [2.45, 2.75) is 33.4 Å². The van der Waals surface area contributed by atoms with Crippen LogP contribution in [0.2, 0.25) is 0 Å². The Morgan fingerprint density at radius 3 is 2.48 bits per heavy atom. The second kappa shape index (κ2) is 7.79. The lowest BCUT2D eigenvalue weighted by atomic mass is 10.1. The van der Waals surface area contributed by atoms with E-state index >= 15 is 0 Å². The maximum atomic E-state index is 12.4. The fraction of sp³-hybridized carbons (Fsp3) is 0.316. The quantitative estimate of drug-likeness (QED) is 0.822. The van der Waals surface area contributed by atoms with Crippen LogP contribution in [-0.2, 0) is 11.3 Å². The largest absolute Gasteiger partial charge is 0.348 e. The number of nitrogens with zero attached hydrogens (tertiary/aromatic N) is 3. The Morgan fingerprint density at radius 1 is 1.32 bits per heavy atom. The second-order valence-corrected chi connectivity index (χ2v) is 6.13. The average molecular weight is 340 g/mol. The molecule has 1 atom stereocenters. The molecule has 1 aromatic carbocycles. The van der Waals surface area contributed by atoms with E-state index in [2.05, 4.69) is 17.0 Å². The molecule has 0 aliphatic carbocycles. The summed E-state index contributed by atoms with van der Waals surface area (Å²) in [6, 6.07) is 8.83. The molecule has 0 aliphatic heterocycles. The number of amides is 2. The molecule has 2 amide bonds.